The molecule has 7 heteroatoms. The number of rotatable bonds is 4. The van der Waals surface area contributed by atoms with E-state index in [1.807, 2.05) is 24.6 Å². The van der Waals surface area contributed by atoms with Gasteiger partial charge >= 0.3 is 0 Å². The van der Waals surface area contributed by atoms with Crippen LogP contribution in [0.4, 0.5) is 0 Å². The second-order valence-electron chi connectivity index (χ2n) is 12.5. The second-order valence-corrected chi connectivity index (χ2v) is 12.5. The van der Waals surface area contributed by atoms with Crippen LogP contribution in [0.15, 0.2) is 34.3 Å². The van der Waals surface area contributed by atoms with Crippen LogP contribution in [-0.2, 0) is 32.7 Å². The minimum atomic E-state index is -1.08. The van der Waals surface area contributed by atoms with Gasteiger partial charge in [0.15, 0.2) is 0 Å². The largest absolute Gasteiger partial charge is 0.550 e. The van der Waals surface area contributed by atoms with Crippen LogP contribution in [0.2, 0.25) is 0 Å². The van der Waals surface area contributed by atoms with Crippen LogP contribution in [0.25, 0.3) is 0 Å². The molecule has 1 radical (unpaired) electrons. The topological polar surface area (TPSA) is 105 Å². The first-order valence-corrected chi connectivity index (χ1v) is 13.4. The summed E-state index contributed by atoms with van der Waals surface area (Å²) in [5.41, 5.74) is 5.37. The third-order valence-electron chi connectivity index (χ3n) is 6.69. The van der Waals surface area contributed by atoms with Crippen molar-refractivity contribution in [3.63, 3.8) is 0 Å². The molecule has 1 saturated carbocycles. The van der Waals surface area contributed by atoms with Crippen LogP contribution in [0.3, 0.4) is 0 Å². The van der Waals surface area contributed by atoms with Gasteiger partial charge in [0, 0.05) is 57.7 Å². The normalized spacial score (nSPS) is 18.0. The Labute approximate surface area is 245 Å². The number of aliphatic carboxylic acids is 1. The van der Waals surface area contributed by atoms with Crippen molar-refractivity contribution >= 4 is 18.4 Å². The monoisotopic (exact) mass is 576 g/mol. The molecule has 39 heavy (non-hydrogen) atoms. The summed E-state index contributed by atoms with van der Waals surface area (Å²) in [5.74, 6) is -0.450. The zero-order chi connectivity index (χ0) is 28.8. The van der Waals surface area contributed by atoms with Crippen molar-refractivity contribution < 1.29 is 37.2 Å². The van der Waals surface area contributed by atoms with Crippen molar-refractivity contribution in [3.8, 4) is 11.5 Å². The number of aromatic hydroxyl groups is 2. The molecule has 0 saturated heterocycles. The van der Waals surface area contributed by atoms with Crippen LogP contribution in [0.1, 0.15) is 108 Å². The number of nitrogens with zero attached hydrogens (tertiary/aromatic N) is 2. The van der Waals surface area contributed by atoms with Gasteiger partial charge in [-0.2, -0.15) is 0 Å². The number of hydrogen-bond donors (Lipinski definition) is 2. The van der Waals surface area contributed by atoms with E-state index in [4.69, 9.17) is 19.9 Å². The standard InChI is InChI=1S/C30H42N2O2.C2H4O2.Mn/c1-19-13-21(27(33)23(15-19)29(3,4)5)17-31-25-11-9-10-12-26(25)32-18-22-14-20(2)16-24(28(22)34)30(6,7)8;1-2(3)4;/h13-18,25-26,33-34H,9-12H2,1-8H3;1H3,(H,3,4);/p-1/t25-,26-;;/m1../s1. The third kappa shape index (κ3) is 10.1. The minimum absolute atomic E-state index is 0. The maximum atomic E-state index is 10.9. The Morgan fingerprint density at radius 1 is 0.795 bits per heavy atom. The fourth-order valence-corrected chi connectivity index (χ4v) is 4.75. The van der Waals surface area contributed by atoms with E-state index in [0.29, 0.717) is 11.5 Å². The van der Waals surface area contributed by atoms with Gasteiger partial charge in [0.05, 0.1) is 12.1 Å². The molecule has 0 amide bonds. The molecule has 6 nitrogen and oxygen atoms in total. The van der Waals surface area contributed by atoms with E-state index < -0.39 is 5.97 Å². The molecule has 0 bridgehead atoms. The number of aryl methyl sites for hydroxylation is 2. The molecule has 0 spiro atoms. The molecule has 2 aromatic rings. The van der Waals surface area contributed by atoms with E-state index >= 15 is 0 Å². The number of carboxylic acids is 1. The second kappa shape index (κ2) is 14.1. The van der Waals surface area contributed by atoms with Crippen molar-refractivity contribution in [2.45, 2.75) is 111 Å². The summed E-state index contributed by atoms with van der Waals surface area (Å²) in [7, 11) is 0. The number of carboxylic acid groups (broad SMARTS) is 1. The first-order valence-electron chi connectivity index (χ1n) is 13.4. The zero-order valence-corrected chi connectivity index (χ0v) is 26.1. The Kier molecular flexibility index (Phi) is 12.5. The van der Waals surface area contributed by atoms with Gasteiger partial charge in [-0.3, -0.25) is 9.98 Å². The number of phenols is 2. The summed E-state index contributed by atoms with van der Waals surface area (Å²) in [6.07, 6.45) is 7.88. The number of aliphatic imine (C=N–C) groups is 2. The predicted molar refractivity (Wildman–Crippen MR) is 155 cm³/mol. The van der Waals surface area contributed by atoms with Crippen LogP contribution < -0.4 is 5.11 Å². The van der Waals surface area contributed by atoms with Gasteiger partial charge < -0.3 is 20.1 Å². The maximum absolute atomic E-state index is 10.9. The molecular formula is C32H45MnN2O4-. The van der Waals surface area contributed by atoms with E-state index in [-0.39, 0.29) is 40.0 Å². The molecular weight excluding hydrogens is 531 g/mol. The first kappa shape index (κ1) is 34.4. The molecule has 1 aliphatic carbocycles. The van der Waals surface area contributed by atoms with Gasteiger partial charge in [0.25, 0.3) is 0 Å². The van der Waals surface area contributed by atoms with Crippen LogP contribution in [0, 0.1) is 13.8 Å². The van der Waals surface area contributed by atoms with Crippen molar-refractivity contribution in [2.24, 2.45) is 9.98 Å². The summed E-state index contributed by atoms with van der Waals surface area (Å²) in [6, 6.07) is 8.23. The Bertz CT molecular complexity index is 1100. The van der Waals surface area contributed by atoms with E-state index in [0.717, 1.165) is 66.0 Å². The molecule has 1 fully saturated rings. The summed E-state index contributed by atoms with van der Waals surface area (Å²) < 4.78 is 0. The first-order chi connectivity index (χ1) is 17.5. The maximum Gasteiger partial charge on any atom is 0.128 e. The number of benzene rings is 2. The smallest absolute Gasteiger partial charge is 0.128 e. The summed E-state index contributed by atoms with van der Waals surface area (Å²) in [5, 5.41) is 30.7. The number of hydrogen-bond acceptors (Lipinski definition) is 6. The molecule has 215 valence electrons. The molecule has 1 aliphatic rings. The minimum Gasteiger partial charge on any atom is -0.550 e. The van der Waals surface area contributed by atoms with Gasteiger partial charge in [-0.25, -0.2) is 0 Å². The molecule has 0 aliphatic heterocycles. The Morgan fingerprint density at radius 2 is 1.10 bits per heavy atom. The molecule has 3 rings (SSSR count). The zero-order valence-electron chi connectivity index (χ0n) is 24.9. The van der Waals surface area contributed by atoms with Crippen molar-refractivity contribution in [1.29, 1.82) is 0 Å². The SMILES string of the molecule is CC(=O)[O-].Cc1cc(C=N[C@@H]2CCCC[C@H]2N=Cc2cc(C)cc(C(C)(C)C)c2O)c(O)c(C(C)(C)C)c1.[Mn]. The van der Waals surface area contributed by atoms with Gasteiger partial charge in [0.2, 0.25) is 0 Å². The van der Waals surface area contributed by atoms with E-state index in [1.165, 1.54) is 0 Å². The molecule has 0 unspecified atom stereocenters. The molecule has 0 aromatic heterocycles. The fraction of sp³-hybridized carbons (Fsp3) is 0.531. The van der Waals surface area contributed by atoms with Crippen LogP contribution in [0.5, 0.6) is 11.5 Å². The number of phenolic OH excluding ortho intramolecular Hbond substituents is 2. The Hall–Kier alpha value is -2.63. The summed E-state index contributed by atoms with van der Waals surface area (Å²) in [6.45, 7) is 17.8. The van der Waals surface area contributed by atoms with Gasteiger partial charge in [0.1, 0.15) is 11.5 Å². The Balaban J connectivity index is 0.00000142. The van der Waals surface area contributed by atoms with Gasteiger partial charge in [-0.1, -0.05) is 66.5 Å². The molecule has 2 atom stereocenters. The predicted octanol–water partition coefficient (Wildman–Crippen LogP) is 5.91. The third-order valence-corrected chi connectivity index (χ3v) is 6.69. The molecule has 2 aromatic carbocycles. The quantitative estimate of drug-likeness (QED) is 0.349. The molecule has 2 N–H and O–H groups in total. The van der Waals surface area contributed by atoms with Gasteiger partial charge in [-0.05, 0) is 67.7 Å². The van der Waals surface area contributed by atoms with E-state index in [9.17, 15) is 10.2 Å². The average Bonchev–Trinajstić information content (AvgIpc) is 2.78. The van der Waals surface area contributed by atoms with Crippen LogP contribution >= 0.6 is 0 Å². The summed E-state index contributed by atoms with van der Waals surface area (Å²) >= 11 is 0. The van der Waals surface area contributed by atoms with Crippen molar-refractivity contribution in [3.05, 3.63) is 57.6 Å². The number of carbonyl (C=O) groups is 1. The van der Waals surface area contributed by atoms with Crippen molar-refractivity contribution in [1.82, 2.24) is 0 Å². The van der Waals surface area contributed by atoms with Crippen LogP contribution in [-0.4, -0.2) is 40.7 Å². The van der Waals surface area contributed by atoms with Gasteiger partial charge in [-0.15, -0.1) is 0 Å². The average molecular weight is 577 g/mol. The fourth-order valence-electron chi connectivity index (χ4n) is 4.75. The van der Waals surface area contributed by atoms with Crippen molar-refractivity contribution in [2.75, 3.05) is 0 Å². The number of carbonyl (C=O) groups excluding carboxylic acids is 1. The van der Waals surface area contributed by atoms with E-state index in [2.05, 4.69) is 67.5 Å². The molecule has 0 heterocycles. The summed E-state index contributed by atoms with van der Waals surface area (Å²) in [4.78, 5) is 18.7. The van der Waals surface area contributed by atoms with E-state index in [1.54, 1.807) is 0 Å². The Morgan fingerprint density at radius 3 is 1.38 bits per heavy atom.